The Morgan fingerprint density at radius 3 is 3.05 bits per heavy atom. The summed E-state index contributed by atoms with van der Waals surface area (Å²) >= 11 is 1.81. The van der Waals surface area contributed by atoms with Crippen LogP contribution in [0.25, 0.3) is 0 Å². The Hall–Kier alpha value is -1.36. The van der Waals surface area contributed by atoms with Crippen LogP contribution in [0.2, 0.25) is 0 Å². The number of fused-ring (bicyclic) bond motifs is 1. The summed E-state index contributed by atoms with van der Waals surface area (Å²) in [5.41, 5.74) is 1.34. The first-order chi connectivity index (χ1) is 9.68. The average Bonchev–Trinajstić information content (AvgIpc) is 2.93. The average molecular weight is 292 g/mol. The van der Waals surface area contributed by atoms with Gasteiger partial charge in [0.1, 0.15) is 0 Å². The molecule has 1 unspecified atom stereocenters. The zero-order valence-electron chi connectivity index (χ0n) is 11.9. The van der Waals surface area contributed by atoms with Crippen molar-refractivity contribution in [1.29, 1.82) is 0 Å². The van der Waals surface area contributed by atoms with Crippen LogP contribution < -0.4 is 14.8 Å². The van der Waals surface area contributed by atoms with E-state index in [2.05, 4.69) is 19.2 Å². The van der Waals surface area contributed by atoms with Crippen LogP contribution in [-0.4, -0.2) is 23.3 Å². The first-order valence-corrected chi connectivity index (χ1v) is 8.01. The molecule has 2 aliphatic heterocycles. The number of thioether (sulfide) groups is 1. The van der Waals surface area contributed by atoms with Gasteiger partial charge in [0.05, 0.1) is 6.54 Å². The second-order valence-electron chi connectivity index (χ2n) is 5.45. The van der Waals surface area contributed by atoms with E-state index < -0.39 is 0 Å². The highest BCUT2D eigenvalue weighted by molar-refractivity contribution is 8.13. The maximum Gasteiger partial charge on any atom is 0.231 e. The zero-order valence-corrected chi connectivity index (χ0v) is 12.8. The number of rotatable bonds is 3. The summed E-state index contributed by atoms with van der Waals surface area (Å²) < 4.78 is 10.7. The minimum Gasteiger partial charge on any atom is -0.454 e. The van der Waals surface area contributed by atoms with Gasteiger partial charge in [-0.05, 0) is 37.5 Å². The van der Waals surface area contributed by atoms with Crippen molar-refractivity contribution in [2.45, 2.75) is 38.8 Å². The Bertz CT molecular complexity index is 533. The van der Waals surface area contributed by atoms with Gasteiger partial charge in [0.2, 0.25) is 6.79 Å². The summed E-state index contributed by atoms with van der Waals surface area (Å²) in [4.78, 5) is 4.69. The maximum atomic E-state index is 5.39. The lowest BCUT2D eigenvalue weighted by Gasteiger charge is -2.35. The van der Waals surface area contributed by atoms with E-state index in [1.54, 1.807) is 0 Å². The normalized spacial score (nSPS) is 26.6. The van der Waals surface area contributed by atoms with E-state index in [1.165, 1.54) is 6.42 Å². The molecule has 1 N–H and O–H groups in total. The van der Waals surface area contributed by atoms with Crippen LogP contribution in [0, 0.1) is 0 Å². The molecule has 0 spiro atoms. The number of hydrogen-bond acceptors (Lipinski definition) is 4. The predicted molar refractivity (Wildman–Crippen MR) is 82.6 cm³/mol. The molecule has 0 aromatic heterocycles. The van der Waals surface area contributed by atoms with Gasteiger partial charge in [-0.2, -0.15) is 0 Å². The lowest BCUT2D eigenvalue weighted by atomic mass is 9.96. The summed E-state index contributed by atoms with van der Waals surface area (Å²) in [6.45, 7) is 5.48. The van der Waals surface area contributed by atoms with E-state index in [0.717, 1.165) is 34.4 Å². The summed E-state index contributed by atoms with van der Waals surface area (Å²) in [5.74, 6) is 2.78. The predicted octanol–water partition coefficient (Wildman–Crippen LogP) is 3.17. The van der Waals surface area contributed by atoms with Gasteiger partial charge in [-0.15, -0.1) is 0 Å². The summed E-state index contributed by atoms with van der Waals surface area (Å²) in [5, 5.41) is 4.61. The molecule has 4 nitrogen and oxygen atoms in total. The zero-order chi connectivity index (χ0) is 14.0. The molecule has 0 bridgehead atoms. The molecule has 1 aromatic carbocycles. The first-order valence-electron chi connectivity index (χ1n) is 7.02. The topological polar surface area (TPSA) is 42.9 Å². The van der Waals surface area contributed by atoms with Crippen LogP contribution in [0.1, 0.15) is 32.3 Å². The van der Waals surface area contributed by atoms with Gasteiger partial charge in [-0.3, -0.25) is 4.99 Å². The lowest BCUT2D eigenvalue weighted by molar-refractivity contribution is 0.174. The van der Waals surface area contributed by atoms with Crippen LogP contribution in [0.4, 0.5) is 0 Å². The molecule has 1 fully saturated rings. The molecule has 0 amide bonds. The van der Waals surface area contributed by atoms with Gasteiger partial charge in [0.15, 0.2) is 16.7 Å². The number of benzene rings is 1. The van der Waals surface area contributed by atoms with E-state index in [9.17, 15) is 0 Å². The third-order valence-electron chi connectivity index (χ3n) is 3.92. The quantitative estimate of drug-likeness (QED) is 0.929. The monoisotopic (exact) mass is 292 g/mol. The number of nitrogens with one attached hydrogen (secondary N) is 1. The number of nitrogens with zero attached hydrogens (tertiary/aromatic N) is 1. The Morgan fingerprint density at radius 1 is 1.35 bits per heavy atom. The second-order valence-corrected chi connectivity index (χ2v) is 6.53. The Kier molecular flexibility index (Phi) is 3.78. The SMILES string of the molecule is CCC1(C)CCSC(=NCc2ccc3c(c2)OCO3)N1. The fraction of sp³-hybridized carbons (Fsp3) is 0.533. The molecule has 1 saturated heterocycles. The molecule has 0 aliphatic carbocycles. The van der Waals surface area contributed by atoms with Crippen molar-refractivity contribution in [2.75, 3.05) is 12.5 Å². The highest BCUT2D eigenvalue weighted by Crippen LogP contribution is 2.33. The van der Waals surface area contributed by atoms with Gasteiger partial charge < -0.3 is 14.8 Å². The maximum absolute atomic E-state index is 5.39. The van der Waals surface area contributed by atoms with Gasteiger partial charge in [-0.1, -0.05) is 24.8 Å². The number of ether oxygens (including phenoxy) is 2. The largest absolute Gasteiger partial charge is 0.454 e. The minimum atomic E-state index is 0.193. The van der Waals surface area contributed by atoms with Crippen molar-refractivity contribution < 1.29 is 9.47 Å². The molecule has 20 heavy (non-hydrogen) atoms. The fourth-order valence-electron chi connectivity index (χ4n) is 2.28. The molecular weight excluding hydrogens is 272 g/mol. The number of amidine groups is 1. The van der Waals surface area contributed by atoms with Crippen molar-refractivity contribution in [2.24, 2.45) is 4.99 Å². The van der Waals surface area contributed by atoms with Gasteiger partial charge >= 0.3 is 0 Å². The third-order valence-corrected chi connectivity index (χ3v) is 4.84. The van der Waals surface area contributed by atoms with Crippen LogP contribution >= 0.6 is 11.8 Å². The van der Waals surface area contributed by atoms with E-state index in [-0.39, 0.29) is 5.54 Å². The Morgan fingerprint density at radius 2 is 2.20 bits per heavy atom. The smallest absolute Gasteiger partial charge is 0.231 e. The van der Waals surface area contributed by atoms with Crippen molar-refractivity contribution >= 4 is 16.9 Å². The van der Waals surface area contributed by atoms with Gasteiger partial charge in [0, 0.05) is 11.3 Å². The minimum absolute atomic E-state index is 0.193. The Labute approximate surface area is 123 Å². The van der Waals surface area contributed by atoms with Crippen LogP contribution in [-0.2, 0) is 6.54 Å². The molecule has 0 saturated carbocycles. The van der Waals surface area contributed by atoms with E-state index in [1.807, 2.05) is 30.0 Å². The molecule has 108 valence electrons. The van der Waals surface area contributed by atoms with Crippen LogP contribution in [0.15, 0.2) is 23.2 Å². The molecule has 3 rings (SSSR count). The lowest BCUT2D eigenvalue weighted by Crippen LogP contribution is -2.48. The van der Waals surface area contributed by atoms with Crippen molar-refractivity contribution in [3.05, 3.63) is 23.8 Å². The van der Waals surface area contributed by atoms with Crippen LogP contribution in [0.3, 0.4) is 0 Å². The van der Waals surface area contributed by atoms with Crippen molar-refractivity contribution in [3.8, 4) is 11.5 Å². The highest BCUT2D eigenvalue weighted by Gasteiger charge is 2.27. The molecule has 1 aromatic rings. The summed E-state index contributed by atoms with van der Waals surface area (Å²) in [6, 6.07) is 6.01. The summed E-state index contributed by atoms with van der Waals surface area (Å²) in [7, 11) is 0. The fourth-order valence-corrected chi connectivity index (χ4v) is 3.50. The van der Waals surface area contributed by atoms with Crippen molar-refractivity contribution in [3.63, 3.8) is 0 Å². The highest BCUT2D eigenvalue weighted by atomic mass is 32.2. The van der Waals surface area contributed by atoms with Crippen molar-refractivity contribution in [1.82, 2.24) is 5.32 Å². The Balaban J connectivity index is 1.67. The summed E-state index contributed by atoms with van der Waals surface area (Å²) in [6.07, 6.45) is 2.31. The van der Waals surface area contributed by atoms with Gasteiger partial charge in [-0.25, -0.2) is 0 Å². The number of hydrogen-bond donors (Lipinski definition) is 1. The van der Waals surface area contributed by atoms with E-state index in [0.29, 0.717) is 13.3 Å². The molecular formula is C15H20N2O2S. The molecule has 2 heterocycles. The molecule has 1 atom stereocenters. The van der Waals surface area contributed by atoms with Gasteiger partial charge in [0.25, 0.3) is 0 Å². The standard InChI is InChI=1S/C15H20N2O2S/c1-3-15(2)6-7-20-14(17-15)16-9-11-4-5-12-13(8-11)19-10-18-12/h4-5,8H,3,6-7,9-10H2,1-2H3,(H,16,17). The first kappa shape index (κ1) is 13.6. The molecule has 0 radical (unpaired) electrons. The van der Waals surface area contributed by atoms with E-state index in [4.69, 9.17) is 14.5 Å². The van der Waals surface area contributed by atoms with Crippen LogP contribution in [0.5, 0.6) is 11.5 Å². The number of aliphatic imine (C=N–C) groups is 1. The van der Waals surface area contributed by atoms with E-state index >= 15 is 0 Å². The molecule has 5 heteroatoms. The third kappa shape index (κ3) is 2.87. The molecule has 2 aliphatic rings. The second kappa shape index (κ2) is 5.56.